The number of rotatable bonds is 2. The second kappa shape index (κ2) is 5.33. The van der Waals surface area contributed by atoms with Crippen molar-refractivity contribution in [3.8, 4) is 0 Å². The first kappa shape index (κ1) is 14.9. The van der Waals surface area contributed by atoms with Gasteiger partial charge >= 0.3 is 6.09 Å². The fourth-order valence-corrected chi connectivity index (χ4v) is 3.04. The van der Waals surface area contributed by atoms with Crippen LogP contribution in [0.2, 0.25) is 0 Å². The number of aromatic nitrogens is 1. The molecule has 0 saturated carbocycles. The molecule has 2 aliphatic heterocycles. The highest BCUT2D eigenvalue weighted by Gasteiger charge is 2.46. The van der Waals surface area contributed by atoms with Crippen molar-refractivity contribution in [2.45, 2.75) is 13.8 Å². The molecular formula is C15H22N5O2+. The lowest BCUT2D eigenvalue weighted by Gasteiger charge is -2.34. The second-order valence-corrected chi connectivity index (χ2v) is 5.96. The minimum absolute atomic E-state index is 0.322. The minimum atomic E-state index is -0.938. The molecule has 1 N–H and O–H groups in total. The van der Waals surface area contributed by atoms with Gasteiger partial charge in [0.2, 0.25) is 6.34 Å². The number of amides is 1. The second-order valence-electron chi connectivity index (χ2n) is 5.96. The molecule has 0 radical (unpaired) electrons. The maximum absolute atomic E-state index is 11.8. The summed E-state index contributed by atoms with van der Waals surface area (Å²) >= 11 is 0. The van der Waals surface area contributed by atoms with Crippen LogP contribution in [0, 0.1) is 6.92 Å². The quantitative estimate of drug-likeness (QED) is 0.844. The Morgan fingerprint density at radius 2 is 2.05 bits per heavy atom. The highest BCUT2D eigenvalue weighted by Crippen LogP contribution is 2.44. The van der Waals surface area contributed by atoms with Gasteiger partial charge in [-0.3, -0.25) is 0 Å². The van der Waals surface area contributed by atoms with Crippen LogP contribution in [0.15, 0.2) is 11.1 Å². The Bertz CT molecular complexity index is 637. The lowest BCUT2D eigenvalue weighted by Crippen LogP contribution is -2.51. The number of quaternary nitrogens is 1. The predicted octanol–water partition coefficient (Wildman–Crippen LogP) is 1.82. The smallest absolute Gasteiger partial charge is 0.435 e. The minimum Gasteiger partial charge on any atom is -0.435 e. The molecule has 1 saturated heterocycles. The SMILES string of the molecule is CC[N+]1(C(=O)O)C=Nc2c(N3CCN(C)CC3)cc(C)nc21. The van der Waals surface area contributed by atoms with Crippen LogP contribution in [0.5, 0.6) is 0 Å². The van der Waals surface area contributed by atoms with E-state index in [1.807, 2.05) is 19.9 Å². The van der Waals surface area contributed by atoms with E-state index in [-0.39, 0.29) is 4.48 Å². The Hall–Kier alpha value is -1.99. The van der Waals surface area contributed by atoms with Gasteiger partial charge in [0.15, 0.2) is 5.69 Å². The number of aryl methyl sites for hydroxylation is 1. The number of pyridine rings is 1. The number of nitrogens with zero attached hydrogens (tertiary/aromatic N) is 5. The molecule has 1 aromatic heterocycles. The van der Waals surface area contributed by atoms with Crippen molar-refractivity contribution in [3.05, 3.63) is 11.8 Å². The van der Waals surface area contributed by atoms with E-state index in [1.165, 1.54) is 6.34 Å². The first-order chi connectivity index (χ1) is 10.5. The van der Waals surface area contributed by atoms with Crippen LogP contribution in [0.25, 0.3) is 0 Å². The average Bonchev–Trinajstić information content (AvgIpc) is 2.87. The van der Waals surface area contributed by atoms with Gasteiger partial charge in [-0.1, -0.05) is 0 Å². The highest BCUT2D eigenvalue weighted by atomic mass is 16.4. The monoisotopic (exact) mass is 304 g/mol. The molecule has 1 fully saturated rings. The number of anilines is 1. The molecule has 1 amide bonds. The Kier molecular flexibility index (Phi) is 3.62. The van der Waals surface area contributed by atoms with E-state index in [1.54, 1.807) is 0 Å². The van der Waals surface area contributed by atoms with E-state index in [0.29, 0.717) is 18.1 Å². The molecule has 7 nitrogen and oxygen atoms in total. The van der Waals surface area contributed by atoms with Gasteiger partial charge in [-0.05, 0) is 27.0 Å². The van der Waals surface area contributed by atoms with Gasteiger partial charge in [0, 0.05) is 31.9 Å². The van der Waals surface area contributed by atoms with Crippen molar-refractivity contribution in [3.63, 3.8) is 0 Å². The van der Waals surface area contributed by atoms with Crippen LogP contribution in [0.4, 0.5) is 22.0 Å². The predicted molar refractivity (Wildman–Crippen MR) is 87.2 cm³/mol. The summed E-state index contributed by atoms with van der Waals surface area (Å²) in [6, 6.07) is 2.01. The molecule has 0 aliphatic carbocycles. The third kappa shape index (κ3) is 2.17. The van der Waals surface area contributed by atoms with E-state index < -0.39 is 6.09 Å². The zero-order valence-electron chi connectivity index (χ0n) is 13.3. The maximum Gasteiger partial charge on any atom is 0.526 e. The topological polar surface area (TPSA) is 69.0 Å². The number of carboxylic acid groups (broad SMARTS) is 1. The van der Waals surface area contributed by atoms with E-state index in [2.05, 4.69) is 26.8 Å². The summed E-state index contributed by atoms with van der Waals surface area (Å²) in [4.78, 5) is 25.3. The van der Waals surface area contributed by atoms with Crippen molar-refractivity contribution in [2.24, 2.45) is 4.99 Å². The fraction of sp³-hybridized carbons (Fsp3) is 0.533. The Morgan fingerprint density at radius 1 is 1.36 bits per heavy atom. The first-order valence-electron chi connectivity index (χ1n) is 7.60. The molecule has 118 valence electrons. The van der Waals surface area contributed by atoms with E-state index in [0.717, 1.165) is 37.6 Å². The van der Waals surface area contributed by atoms with Crippen LogP contribution in [-0.4, -0.2) is 67.2 Å². The van der Waals surface area contributed by atoms with Crippen molar-refractivity contribution in [1.29, 1.82) is 0 Å². The standard InChI is InChI=1S/C15H21N5O2/c1-4-20(15(21)22)10-16-13-12(9-11(2)17-14(13)20)19-7-5-18(3)6-8-19/h9-10H,4-8H2,1-3H3/p+1. The van der Waals surface area contributed by atoms with Gasteiger partial charge in [0.05, 0.1) is 12.2 Å². The zero-order chi connectivity index (χ0) is 15.9. The van der Waals surface area contributed by atoms with Gasteiger partial charge < -0.3 is 14.9 Å². The Labute approximate surface area is 130 Å². The largest absolute Gasteiger partial charge is 0.526 e. The van der Waals surface area contributed by atoms with Crippen LogP contribution in [-0.2, 0) is 0 Å². The summed E-state index contributed by atoms with van der Waals surface area (Å²) in [5.74, 6) is 0.531. The lowest BCUT2D eigenvalue weighted by molar-refractivity contribution is 0.172. The van der Waals surface area contributed by atoms with E-state index in [4.69, 9.17) is 0 Å². The number of carbonyl (C=O) groups is 1. The van der Waals surface area contributed by atoms with Crippen molar-refractivity contribution in [1.82, 2.24) is 14.4 Å². The molecule has 0 spiro atoms. The number of likely N-dealkylation sites (N-methyl/N-ethyl adjacent to an activating group) is 1. The summed E-state index contributed by atoms with van der Waals surface area (Å²) in [5, 5.41) is 9.66. The van der Waals surface area contributed by atoms with Crippen LogP contribution in [0.1, 0.15) is 12.6 Å². The molecule has 22 heavy (non-hydrogen) atoms. The number of aliphatic imine (C=N–C) groups is 1. The Morgan fingerprint density at radius 3 is 2.64 bits per heavy atom. The zero-order valence-corrected chi connectivity index (χ0v) is 13.3. The van der Waals surface area contributed by atoms with Gasteiger partial charge in [0.25, 0.3) is 5.82 Å². The highest BCUT2D eigenvalue weighted by molar-refractivity contribution is 6.06. The van der Waals surface area contributed by atoms with Crippen LogP contribution < -0.4 is 9.38 Å². The molecule has 3 rings (SSSR count). The number of hydrogen-bond donors (Lipinski definition) is 1. The first-order valence-corrected chi connectivity index (χ1v) is 7.60. The number of hydrogen-bond acceptors (Lipinski definition) is 5. The van der Waals surface area contributed by atoms with Crippen molar-refractivity contribution < 1.29 is 9.90 Å². The van der Waals surface area contributed by atoms with E-state index in [9.17, 15) is 9.90 Å². The summed E-state index contributed by atoms with van der Waals surface area (Å²) in [7, 11) is 2.11. The molecule has 1 unspecified atom stereocenters. The van der Waals surface area contributed by atoms with Gasteiger partial charge in [-0.25, -0.2) is 0 Å². The molecular weight excluding hydrogens is 282 g/mol. The number of piperazine rings is 1. The lowest BCUT2D eigenvalue weighted by atomic mass is 10.2. The fourth-order valence-electron chi connectivity index (χ4n) is 3.04. The molecule has 3 heterocycles. The summed E-state index contributed by atoms with van der Waals surface area (Å²) in [6.45, 7) is 7.96. The van der Waals surface area contributed by atoms with Crippen molar-refractivity contribution >= 4 is 29.6 Å². The third-order valence-electron chi connectivity index (χ3n) is 4.53. The van der Waals surface area contributed by atoms with Gasteiger partial charge in [0.1, 0.15) is 0 Å². The van der Waals surface area contributed by atoms with Gasteiger partial charge in [-0.15, -0.1) is 4.48 Å². The average molecular weight is 304 g/mol. The third-order valence-corrected chi connectivity index (χ3v) is 4.53. The molecule has 2 aliphatic rings. The summed E-state index contributed by atoms with van der Waals surface area (Å²) < 4.78 is -0.322. The molecule has 7 heteroatoms. The normalized spacial score (nSPS) is 24.6. The molecule has 1 aromatic rings. The molecule has 1 atom stereocenters. The maximum atomic E-state index is 11.8. The van der Waals surface area contributed by atoms with E-state index >= 15 is 0 Å². The molecule has 0 aromatic carbocycles. The molecule has 0 bridgehead atoms. The Balaban J connectivity index is 2.07. The van der Waals surface area contributed by atoms with Crippen LogP contribution in [0.3, 0.4) is 0 Å². The van der Waals surface area contributed by atoms with Gasteiger partial charge in [-0.2, -0.15) is 14.8 Å². The summed E-state index contributed by atoms with van der Waals surface area (Å²) in [5.41, 5.74) is 2.54. The summed E-state index contributed by atoms with van der Waals surface area (Å²) in [6.07, 6.45) is 0.561. The number of fused-ring (bicyclic) bond motifs is 1. The van der Waals surface area contributed by atoms with Crippen LogP contribution >= 0.6 is 0 Å². The van der Waals surface area contributed by atoms with Crippen molar-refractivity contribution in [2.75, 3.05) is 44.7 Å².